The van der Waals surface area contributed by atoms with Crippen molar-refractivity contribution in [2.75, 3.05) is 7.11 Å². The summed E-state index contributed by atoms with van der Waals surface area (Å²) in [5.74, 6) is 0.948. The predicted molar refractivity (Wildman–Crippen MR) is 117 cm³/mol. The molecular formula is C24H26O2Si. The lowest BCUT2D eigenvalue weighted by Crippen LogP contribution is -2.26. The van der Waals surface area contributed by atoms with Gasteiger partial charge >= 0.3 is 0 Å². The van der Waals surface area contributed by atoms with Crippen LogP contribution >= 0.6 is 0 Å². The van der Waals surface area contributed by atoms with Gasteiger partial charge in [-0.1, -0.05) is 80.3 Å². The molecule has 0 unspecified atom stereocenters. The second kappa shape index (κ2) is 7.53. The van der Waals surface area contributed by atoms with Crippen LogP contribution in [0.15, 0.2) is 72.5 Å². The molecule has 0 bridgehead atoms. The number of ketones is 1. The van der Waals surface area contributed by atoms with Gasteiger partial charge in [-0.3, -0.25) is 4.79 Å². The quantitative estimate of drug-likeness (QED) is 0.296. The summed E-state index contributed by atoms with van der Waals surface area (Å²) in [6.07, 6.45) is 0. The lowest BCUT2D eigenvalue weighted by molar-refractivity contribution is 0.103. The van der Waals surface area contributed by atoms with E-state index in [1.807, 2.05) is 61.5 Å². The highest BCUT2D eigenvalue weighted by atomic mass is 28.3. The summed E-state index contributed by atoms with van der Waals surface area (Å²) in [4.78, 5) is 13.4. The first-order chi connectivity index (χ1) is 12.8. The molecule has 0 aromatic heterocycles. The third-order valence-corrected chi connectivity index (χ3v) is 6.97. The molecule has 0 N–H and O–H groups in total. The van der Waals surface area contributed by atoms with E-state index < -0.39 is 8.07 Å². The average Bonchev–Trinajstić information content (AvgIpc) is 2.67. The Kier molecular flexibility index (Phi) is 5.33. The molecule has 0 aliphatic rings. The minimum atomic E-state index is -1.80. The van der Waals surface area contributed by atoms with Crippen LogP contribution < -0.4 is 0 Å². The highest BCUT2D eigenvalue weighted by Crippen LogP contribution is 2.37. The van der Waals surface area contributed by atoms with Crippen molar-refractivity contribution in [3.63, 3.8) is 0 Å². The standard InChI is InChI=1S/C24H26O2Si/c1-17(26-2)24(27(3,4)5)22-20-14-10-9-11-18(20)15-16-21(22)23(25)19-12-7-6-8-13-19/h6-16H,1-5H3/b24-17-. The molecule has 0 atom stereocenters. The normalized spacial score (nSPS) is 12.6. The van der Waals surface area contributed by atoms with E-state index in [1.54, 1.807) is 7.11 Å². The van der Waals surface area contributed by atoms with Gasteiger partial charge in [0.15, 0.2) is 5.78 Å². The lowest BCUT2D eigenvalue weighted by atomic mass is 9.93. The lowest BCUT2D eigenvalue weighted by Gasteiger charge is -2.27. The van der Waals surface area contributed by atoms with E-state index in [9.17, 15) is 4.79 Å². The molecule has 0 saturated carbocycles. The van der Waals surface area contributed by atoms with Crippen LogP contribution in [0.2, 0.25) is 19.6 Å². The van der Waals surface area contributed by atoms with Crippen molar-refractivity contribution < 1.29 is 9.53 Å². The van der Waals surface area contributed by atoms with Crippen LogP contribution in [0.25, 0.3) is 16.0 Å². The third-order valence-electron chi connectivity index (χ3n) is 4.87. The Morgan fingerprint density at radius 3 is 2.11 bits per heavy atom. The topological polar surface area (TPSA) is 26.3 Å². The van der Waals surface area contributed by atoms with Gasteiger partial charge in [-0.15, -0.1) is 0 Å². The summed E-state index contributed by atoms with van der Waals surface area (Å²) in [6.45, 7) is 8.89. The van der Waals surface area contributed by atoms with E-state index in [4.69, 9.17) is 4.74 Å². The second-order valence-corrected chi connectivity index (χ2v) is 12.8. The zero-order valence-corrected chi connectivity index (χ0v) is 17.7. The molecule has 3 aromatic rings. The van der Waals surface area contributed by atoms with Crippen molar-refractivity contribution in [3.8, 4) is 0 Å². The number of carbonyl (C=O) groups excluding carboxylic acids is 1. The minimum Gasteiger partial charge on any atom is -0.502 e. The van der Waals surface area contributed by atoms with Crippen molar-refractivity contribution >= 4 is 29.8 Å². The van der Waals surface area contributed by atoms with Crippen LogP contribution in [0.3, 0.4) is 0 Å². The Morgan fingerprint density at radius 1 is 0.852 bits per heavy atom. The largest absolute Gasteiger partial charge is 0.502 e. The monoisotopic (exact) mass is 374 g/mol. The number of carbonyl (C=O) groups is 1. The molecule has 0 spiro atoms. The number of hydrogen-bond acceptors (Lipinski definition) is 2. The molecule has 138 valence electrons. The number of allylic oxidation sites excluding steroid dienone is 1. The molecule has 3 aromatic carbocycles. The smallest absolute Gasteiger partial charge is 0.193 e. The summed E-state index contributed by atoms with van der Waals surface area (Å²) < 4.78 is 5.69. The molecule has 3 heteroatoms. The molecule has 3 rings (SSSR count). The molecule has 2 nitrogen and oxygen atoms in total. The Labute approximate surface area is 162 Å². The average molecular weight is 375 g/mol. The highest BCUT2D eigenvalue weighted by molar-refractivity contribution is 6.94. The Morgan fingerprint density at radius 2 is 1.48 bits per heavy atom. The van der Waals surface area contributed by atoms with E-state index in [2.05, 4.69) is 31.8 Å². The zero-order chi connectivity index (χ0) is 19.6. The molecule has 0 heterocycles. The van der Waals surface area contributed by atoms with E-state index in [0.29, 0.717) is 5.56 Å². The summed E-state index contributed by atoms with van der Waals surface area (Å²) in [7, 11) is -0.0969. The van der Waals surface area contributed by atoms with Gasteiger partial charge in [-0.2, -0.15) is 0 Å². The molecule has 0 aliphatic carbocycles. The Hall–Kier alpha value is -2.65. The van der Waals surface area contributed by atoms with Crippen LogP contribution in [0.4, 0.5) is 0 Å². The predicted octanol–water partition coefficient (Wildman–Crippen LogP) is 6.33. The molecule has 0 saturated heterocycles. The van der Waals surface area contributed by atoms with Crippen molar-refractivity contribution in [1.82, 2.24) is 0 Å². The number of hydrogen-bond donors (Lipinski definition) is 0. The van der Waals surface area contributed by atoms with Gasteiger partial charge < -0.3 is 4.74 Å². The zero-order valence-electron chi connectivity index (χ0n) is 16.7. The maximum Gasteiger partial charge on any atom is 0.193 e. The first-order valence-corrected chi connectivity index (χ1v) is 12.7. The van der Waals surface area contributed by atoms with Gasteiger partial charge in [0, 0.05) is 11.1 Å². The first-order valence-electron chi connectivity index (χ1n) is 9.22. The summed E-state index contributed by atoms with van der Waals surface area (Å²) in [5.41, 5.74) is 2.48. The fourth-order valence-electron chi connectivity index (χ4n) is 3.66. The van der Waals surface area contributed by atoms with Crippen molar-refractivity contribution in [2.24, 2.45) is 0 Å². The van der Waals surface area contributed by atoms with E-state index in [0.717, 1.165) is 27.7 Å². The molecule has 27 heavy (non-hydrogen) atoms. The summed E-state index contributed by atoms with van der Waals surface area (Å²) >= 11 is 0. The van der Waals surface area contributed by atoms with Crippen LogP contribution in [0, 0.1) is 0 Å². The first kappa shape index (κ1) is 19.1. The summed E-state index contributed by atoms with van der Waals surface area (Å²) in [6, 6.07) is 21.8. The highest BCUT2D eigenvalue weighted by Gasteiger charge is 2.29. The minimum absolute atomic E-state index is 0.0519. The van der Waals surface area contributed by atoms with E-state index in [-0.39, 0.29) is 5.78 Å². The number of ether oxygens (including phenoxy) is 1. The van der Waals surface area contributed by atoms with Crippen LogP contribution in [-0.4, -0.2) is 21.0 Å². The number of rotatable bonds is 5. The van der Waals surface area contributed by atoms with Crippen molar-refractivity contribution in [1.29, 1.82) is 0 Å². The number of methoxy groups -OCH3 is 1. The SMILES string of the molecule is CO/C(C)=C(/c1c(C(=O)c2ccccc2)ccc2ccccc12)[Si](C)(C)C. The molecule has 0 aliphatic heterocycles. The van der Waals surface area contributed by atoms with Crippen LogP contribution in [0.1, 0.15) is 28.4 Å². The van der Waals surface area contributed by atoms with E-state index in [1.165, 1.54) is 5.20 Å². The maximum absolute atomic E-state index is 13.4. The van der Waals surface area contributed by atoms with E-state index >= 15 is 0 Å². The number of fused-ring (bicyclic) bond motifs is 1. The third kappa shape index (κ3) is 3.74. The Bertz CT molecular complexity index is 1010. The van der Waals surface area contributed by atoms with Gasteiger partial charge in [0.1, 0.15) is 0 Å². The molecule has 0 fully saturated rings. The number of benzene rings is 3. The van der Waals surface area contributed by atoms with Crippen LogP contribution in [-0.2, 0) is 4.74 Å². The van der Waals surface area contributed by atoms with Gasteiger partial charge in [-0.25, -0.2) is 0 Å². The summed E-state index contributed by atoms with van der Waals surface area (Å²) in [5, 5.41) is 3.44. The fraction of sp³-hybridized carbons (Fsp3) is 0.208. The van der Waals surface area contributed by atoms with Gasteiger partial charge in [0.2, 0.25) is 0 Å². The van der Waals surface area contributed by atoms with Gasteiger partial charge in [0.25, 0.3) is 0 Å². The molecule has 0 radical (unpaired) electrons. The second-order valence-electron chi connectivity index (χ2n) is 7.79. The molecular weight excluding hydrogens is 348 g/mol. The van der Waals surface area contributed by atoms with Crippen molar-refractivity contribution in [2.45, 2.75) is 26.6 Å². The van der Waals surface area contributed by atoms with Gasteiger partial charge in [0.05, 0.1) is 20.9 Å². The molecule has 0 amide bonds. The van der Waals surface area contributed by atoms with Crippen molar-refractivity contribution in [3.05, 3.63) is 89.2 Å². The Balaban J connectivity index is 2.40. The fourth-order valence-corrected chi connectivity index (χ4v) is 5.83. The van der Waals surface area contributed by atoms with Gasteiger partial charge in [-0.05, 0) is 34.5 Å². The maximum atomic E-state index is 13.4. The van der Waals surface area contributed by atoms with Crippen LogP contribution in [0.5, 0.6) is 0 Å².